The van der Waals surface area contributed by atoms with Crippen LogP contribution >= 0.6 is 11.6 Å². The van der Waals surface area contributed by atoms with Crippen LogP contribution in [0.25, 0.3) is 0 Å². The fraction of sp³-hybridized carbons (Fsp3) is 0.643. The van der Waals surface area contributed by atoms with Crippen LogP contribution < -0.4 is 4.90 Å². The van der Waals surface area contributed by atoms with Gasteiger partial charge >= 0.3 is 0 Å². The molecule has 1 aromatic rings. The highest BCUT2D eigenvalue weighted by atomic mass is 35.5. The third-order valence-corrected chi connectivity index (χ3v) is 3.37. The van der Waals surface area contributed by atoms with E-state index in [1.54, 1.807) is 0 Å². The number of pyridine rings is 1. The molecule has 0 N–H and O–H groups in total. The lowest BCUT2D eigenvalue weighted by atomic mass is 10.2. The molecule has 0 aliphatic carbocycles. The second-order valence-corrected chi connectivity index (χ2v) is 4.69. The van der Waals surface area contributed by atoms with E-state index >= 15 is 0 Å². The predicted octanol–water partition coefficient (Wildman–Crippen LogP) is 4.23. The van der Waals surface area contributed by atoms with Crippen molar-refractivity contribution in [3.8, 4) is 0 Å². The standard InChI is InChI=1S/C14H23ClN2/c1-4-6-10-17(12(3)5-2)14-9-7-8-13(11-15)16-14/h7-9,12H,4-6,10-11H2,1-3H3. The fourth-order valence-electron chi connectivity index (χ4n) is 1.81. The van der Waals surface area contributed by atoms with Crippen LogP contribution in [0.3, 0.4) is 0 Å². The molecule has 1 atom stereocenters. The van der Waals surface area contributed by atoms with Crippen LogP contribution in [0, 0.1) is 0 Å². The summed E-state index contributed by atoms with van der Waals surface area (Å²) in [7, 11) is 0. The van der Waals surface area contributed by atoms with Crippen molar-refractivity contribution in [3.63, 3.8) is 0 Å². The average molecular weight is 255 g/mol. The van der Waals surface area contributed by atoms with Crippen LogP contribution in [-0.2, 0) is 5.88 Å². The average Bonchev–Trinajstić information content (AvgIpc) is 2.39. The monoisotopic (exact) mass is 254 g/mol. The second kappa shape index (κ2) is 7.54. The lowest BCUT2D eigenvalue weighted by Gasteiger charge is -2.30. The molecule has 96 valence electrons. The van der Waals surface area contributed by atoms with Gasteiger partial charge in [-0.25, -0.2) is 4.98 Å². The first-order valence-electron chi connectivity index (χ1n) is 6.51. The van der Waals surface area contributed by atoms with Gasteiger partial charge in [-0.3, -0.25) is 0 Å². The van der Waals surface area contributed by atoms with Gasteiger partial charge in [0.25, 0.3) is 0 Å². The maximum Gasteiger partial charge on any atom is 0.129 e. The number of alkyl halides is 1. The largest absolute Gasteiger partial charge is 0.354 e. The molecule has 1 heterocycles. The summed E-state index contributed by atoms with van der Waals surface area (Å²) in [6, 6.07) is 6.63. The van der Waals surface area contributed by atoms with Gasteiger partial charge in [0.15, 0.2) is 0 Å². The molecule has 0 aliphatic heterocycles. The Bertz CT molecular complexity index is 328. The number of rotatable bonds is 7. The first kappa shape index (κ1) is 14.3. The van der Waals surface area contributed by atoms with Crippen LogP contribution in [0.15, 0.2) is 18.2 Å². The van der Waals surface area contributed by atoms with Gasteiger partial charge in [-0.1, -0.05) is 26.3 Å². The van der Waals surface area contributed by atoms with E-state index in [9.17, 15) is 0 Å². The molecular weight excluding hydrogens is 232 g/mol. The molecular formula is C14H23ClN2. The highest BCUT2D eigenvalue weighted by Gasteiger charge is 2.13. The summed E-state index contributed by atoms with van der Waals surface area (Å²) in [4.78, 5) is 7.00. The maximum absolute atomic E-state index is 5.84. The molecule has 0 aromatic carbocycles. The van der Waals surface area contributed by atoms with Crippen LogP contribution in [-0.4, -0.2) is 17.6 Å². The van der Waals surface area contributed by atoms with E-state index in [-0.39, 0.29) is 0 Å². The lowest BCUT2D eigenvalue weighted by Crippen LogP contribution is -2.34. The minimum Gasteiger partial charge on any atom is -0.354 e. The van der Waals surface area contributed by atoms with E-state index < -0.39 is 0 Å². The topological polar surface area (TPSA) is 16.1 Å². The Morgan fingerprint density at radius 1 is 1.35 bits per heavy atom. The molecule has 2 nitrogen and oxygen atoms in total. The van der Waals surface area contributed by atoms with Gasteiger partial charge in [-0.05, 0) is 31.9 Å². The quantitative estimate of drug-likeness (QED) is 0.677. The minimum absolute atomic E-state index is 0.482. The lowest BCUT2D eigenvalue weighted by molar-refractivity contribution is 0.589. The Labute approximate surface area is 110 Å². The van der Waals surface area contributed by atoms with E-state index in [0.29, 0.717) is 11.9 Å². The molecule has 0 bridgehead atoms. The van der Waals surface area contributed by atoms with Crippen LogP contribution in [0.2, 0.25) is 0 Å². The number of halogens is 1. The molecule has 0 spiro atoms. The van der Waals surface area contributed by atoms with Crippen molar-refractivity contribution in [1.29, 1.82) is 0 Å². The molecule has 0 saturated carbocycles. The van der Waals surface area contributed by atoms with E-state index in [1.807, 2.05) is 12.1 Å². The van der Waals surface area contributed by atoms with E-state index in [1.165, 1.54) is 12.8 Å². The number of hydrogen-bond donors (Lipinski definition) is 0. The fourth-order valence-corrected chi connectivity index (χ4v) is 1.96. The van der Waals surface area contributed by atoms with Crippen molar-refractivity contribution in [2.24, 2.45) is 0 Å². The third kappa shape index (κ3) is 4.19. The maximum atomic E-state index is 5.84. The molecule has 0 aliphatic rings. The van der Waals surface area contributed by atoms with Crippen molar-refractivity contribution in [3.05, 3.63) is 23.9 Å². The first-order valence-corrected chi connectivity index (χ1v) is 7.04. The Kier molecular flexibility index (Phi) is 6.35. The zero-order valence-corrected chi connectivity index (χ0v) is 11.9. The van der Waals surface area contributed by atoms with Gasteiger partial charge < -0.3 is 4.90 Å². The molecule has 0 radical (unpaired) electrons. The van der Waals surface area contributed by atoms with Gasteiger partial charge in [0.1, 0.15) is 5.82 Å². The summed E-state index contributed by atoms with van der Waals surface area (Å²) >= 11 is 5.84. The minimum atomic E-state index is 0.482. The van der Waals surface area contributed by atoms with E-state index in [4.69, 9.17) is 11.6 Å². The van der Waals surface area contributed by atoms with Gasteiger partial charge in [-0.15, -0.1) is 11.6 Å². The normalized spacial score (nSPS) is 12.5. The first-order chi connectivity index (χ1) is 8.22. The van der Waals surface area contributed by atoms with Gasteiger partial charge in [0.2, 0.25) is 0 Å². The Morgan fingerprint density at radius 3 is 2.71 bits per heavy atom. The highest BCUT2D eigenvalue weighted by Crippen LogP contribution is 2.18. The zero-order chi connectivity index (χ0) is 12.7. The summed E-state index contributed by atoms with van der Waals surface area (Å²) in [6.07, 6.45) is 3.55. The highest BCUT2D eigenvalue weighted by molar-refractivity contribution is 6.16. The van der Waals surface area contributed by atoms with E-state index in [0.717, 1.165) is 24.5 Å². The van der Waals surface area contributed by atoms with Crippen molar-refractivity contribution in [2.45, 2.75) is 52.0 Å². The number of unbranched alkanes of at least 4 members (excludes halogenated alkanes) is 1. The Hall–Kier alpha value is -0.760. The third-order valence-electron chi connectivity index (χ3n) is 3.10. The van der Waals surface area contributed by atoms with Crippen molar-refractivity contribution in [1.82, 2.24) is 4.98 Å². The molecule has 0 fully saturated rings. The van der Waals surface area contributed by atoms with Crippen LogP contribution in [0.4, 0.5) is 5.82 Å². The van der Waals surface area contributed by atoms with Crippen LogP contribution in [0.5, 0.6) is 0 Å². The number of hydrogen-bond acceptors (Lipinski definition) is 2. The van der Waals surface area contributed by atoms with Gasteiger partial charge in [-0.2, -0.15) is 0 Å². The van der Waals surface area contributed by atoms with Gasteiger partial charge in [0, 0.05) is 12.6 Å². The van der Waals surface area contributed by atoms with Crippen molar-refractivity contribution in [2.75, 3.05) is 11.4 Å². The SMILES string of the molecule is CCCCN(c1cccc(CCl)n1)C(C)CC. The predicted molar refractivity (Wildman–Crippen MR) is 75.8 cm³/mol. The van der Waals surface area contributed by atoms with E-state index in [2.05, 4.69) is 36.7 Å². The molecule has 0 saturated heterocycles. The molecule has 1 aromatic heterocycles. The summed E-state index contributed by atoms with van der Waals surface area (Å²) in [5.41, 5.74) is 0.953. The zero-order valence-electron chi connectivity index (χ0n) is 11.1. The number of anilines is 1. The smallest absolute Gasteiger partial charge is 0.129 e. The molecule has 1 rings (SSSR count). The summed E-state index contributed by atoms with van der Waals surface area (Å²) in [5.74, 6) is 1.54. The molecule has 1 unspecified atom stereocenters. The number of nitrogens with zero attached hydrogens (tertiary/aromatic N) is 2. The summed E-state index contributed by atoms with van der Waals surface area (Å²) in [6.45, 7) is 7.77. The molecule has 17 heavy (non-hydrogen) atoms. The molecule has 3 heteroatoms. The molecule has 0 amide bonds. The Balaban J connectivity index is 2.86. The second-order valence-electron chi connectivity index (χ2n) is 4.42. The van der Waals surface area contributed by atoms with Crippen LogP contribution in [0.1, 0.15) is 45.7 Å². The van der Waals surface area contributed by atoms with Crippen molar-refractivity contribution >= 4 is 17.4 Å². The summed E-state index contributed by atoms with van der Waals surface area (Å²) < 4.78 is 0. The van der Waals surface area contributed by atoms with Crippen molar-refractivity contribution < 1.29 is 0 Å². The van der Waals surface area contributed by atoms with Gasteiger partial charge in [0.05, 0.1) is 11.6 Å². The Morgan fingerprint density at radius 2 is 2.12 bits per heavy atom. The summed E-state index contributed by atoms with van der Waals surface area (Å²) in [5, 5.41) is 0. The number of aromatic nitrogens is 1.